The molecule has 0 aromatic carbocycles. The molecule has 2 rings (SSSR count). The van der Waals surface area contributed by atoms with E-state index in [1.54, 1.807) is 18.0 Å². The SMILES string of the molecule is COCC1(CNC(=O)c2cn(C)nc2C)CCCN1.Cl. The average Bonchev–Trinajstić information content (AvgIpc) is 2.94. The molecule has 1 atom stereocenters. The number of rotatable bonds is 5. The Morgan fingerprint density at radius 1 is 1.65 bits per heavy atom. The van der Waals surface area contributed by atoms with E-state index in [4.69, 9.17) is 4.74 Å². The molecule has 0 saturated carbocycles. The molecule has 1 aliphatic rings. The molecule has 1 amide bonds. The van der Waals surface area contributed by atoms with E-state index in [2.05, 4.69) is 15.7 Å². The number of carbonyl (C=O) groups excluding carboxylic acids is 1. The van der Waals surface area contributed by atoms with Gasteiger partial charge < -0.3 is 15.4 Å². The molecule has 1 aromatic heterocycles. The minimum atomic E-state index is -0.124. The van der Waals surface area contributed by atoms with Crippen LogP contribution >= 0.6 is 12.4 Å². The molecular weight excluding hydrogens is 280 g/mol. The van der Waals surface area contributed by atoms with Crippen molar-refractivity contribution in [3.63, 3.8) is 0 Å². The van der Waals surface area contributed by atoms with Gasteiger partial charge >= 0.3 is 0 Å². The van der Waals surface area contributed by atoms with E-state index in [9.17, 15) is 4.79 Å². The third-order valence-electron chi connectivity index (χ3n) is 3.60. The molecule has 1 aromatic rings. The topological polar surface area (TPSA) is 68.2 Å². The zero-order valence-corrected chi connectivity index (χ0v) is 13.0. The zero-order valence-electron chi connectivity index (χ0n) is 12.2. The highest BCUT2D eigenvalue weighted by Gasteiger charge is 2.34. The number of methoxy groups -OCH3 is 1. The third kappa shape index (κ3) is 3.71. The van der Waals surface area contributed by atoms with E-state index in [1.165, 1.54) is 0 Å². The highest BCUT2D eigenvalue weighted by Crippen LogP contribution is 2.19. The Bertz CT molecular complexity index is 455. The lowest BCUT2D eigenvalue weighted by molar-refractivity contribution is 0.0891. The van der Waals surface area contributed by atoms with Crippen LogP contribution in [-0.2, 0) is 11.8 Å². The Kier molecular flexibility index (Phi) is 5.98. The Morgan fingerprint density at radius 3 is 2.90 bits per heavy atom. The summed E-state index contributed by atoms with van der Waals surface area (Å²) >= 11 is 0. The van der Waals surface area contributed by atoms with Gasteiger partial charge in [-0.05, 0) is 26.3 Å². The van der Waals surface area contributed by atoms with Crippen LogP contribution in [0.25, 0.3) is 0 Å². The number of nitrogens with one attached hydrogen (secondary N) is 2. The monoisotopic (exact) mass is 302 g/mol. The van der Waals surface area contributed by atoms with Crippen molar-refractivity contribution in [2.24, 2.45) is 7.05 Å². The molecule has 114 valence electrons. The number of hydrogen-bond acceptors (Lipinski definition) is 4. The number of halogens is 1. The molecular formula is C13H23ClN4O2. The van der Waals surface area contributed by atoms with Gasteiger partial charge in [-0.3, -0.25) is 9.48 Å². The number of nitrogens with zero attached hydrogens (tertiary/aromatic N) is 2. The highest BCUT2D eigenvalue weighted by molar-refractivity contribution is 5.95. The second-order valence-electron chi connectivity index (χ2n) is 5.23. The van der Waals surface area contributed by atoms with Gasteiger partial charge in [-0.15, -0.1) is 12.4 Å². The van der Waals surface area contributed by atoms with Crippen molar-refractivity contribution in [2.75, 3.05) is 26.8 Å². The summed E-state index contributed by atoms with van der Waals surface area (Å²) in [5.74, 6) is -0.0743. The summed E-state index contributed by atoms with van der Waals surface area (Å²) in [7, 11) is 3.50. The van der Waals surface area contributed by atoms with Crippen LogP contribution in [0.1, 0.15) is 28.9 Å². The van der Waals surface area contributed by atoms with Gasteiger partial charge in [0.2, 0.25) is 0 Å². The number of aromatic nitrogens is 2. The predicted octanol–water partition coefficient (Wildman–Crippen LogP) is 0.649. The minimum absolute atomic E-state index is 0. The second kappa shape index (κ2) is 7.06. The van der Waals surface area contributed by atoms with Crippen LogP contribution in [0.2, 0.25) is 0 Å². The minimum Gasteiger partial charge on any atom is -0.383 e. The maximum Gasteiger partial charge on any atom is 0.254 e. The first-order valence-corrected chi connectivity index (χ1v) is 6.59. The van der Waals surface area contributed by atoms with E-state index in [0.29, 0.717) is 18.7 Å². The fourth-order valence-corrected chi connectivity index (χ4v) is 2.64. The smallest absolute Gasteiger partial charge is 0.254 e. The standard InChI is InChI=1S/C13H22N4O2.ClH/c1-10-11(7-17(2)16-10)12(18)14-8-13(9-19-3)5-4-6-15-13;/h7,15H,4-6,8-9H2,1-3H3,(H,14,18);1H. The van der Waals surface area contributed by atoms with Crippen molar-refractivity contribution in [1.29, 1.82) is 0 Å². The van der Waals surface area contributed by atoms with Crippen molar-refractivity contribution in [3.8, 4) is 0 Å². The Morgan fingerprint density at radius 2 is 2.40 bits per heavy atom. The van der Waals surface area contributed by atoms with Crippen molar-refractivity contribution >= 4 is 18.3 Å². The Labute approximate surface area is 125 Å². The third-order valence-corrected chi connectivity index (χ3v) is 3.60. The van der Waals surface area contributed by atoms with Gasteiger partial charge in [0.1, 0.15) is 0 Å². The van der Waals surface area contributed by atoms with Crippen LogP contribution in [-0.4, -0.2) is 48.0 Å². The van der Waals surface area contributed by atoms with Gasteiger partial charge in [0.15, 0.2) is 0 Å². The van der Waals surface area contributed by atoms with E-state index in [0.717, 1.165) is 25.1 Å². The van der Waals surface area contributed by atoms with Gasteiger partial charge in [-0.25, -0.2) is 0 Å². The molecule has 20 heavy (non-hydrogen) atoms. The molecule has 0 aliphatic carbocycles. The fraction of sp³-hybridized carbons (Fsp3) is 0.692. The van der Waals surface area contributed by atoms with Crippen molar-refractivity contribution in [3.05, 3.63) is 17.5 Å². The van der Waals surface area contributed by atoms with Crippen molar-refractivity contribution in [1.82, 2.24) is 20.4 Å². The summed E-state index contributed by atoms with van der Waals surface area (Å²) in [6.07, 6.45) is 3.88. The van der Waals surface area contributed by atoms with Crippen LogP contribution in [0.4, 0.5) is 0 Å². The predicted molar refractivity (Wildman–Crippen MR) is 79.4 cm³/mol. The summed E-state index contributed by atoms with van der Waals surface area (Å²) in [6, 6.07) is 0. The number of hydrogen-bond donors (Lipinski definition) is 2. The second-order valence-corrected chi connectivity index (χ2v) is 5.23. The molecule has 1 saturated heterocycles. The lowest BCUT2D eigenvalue weighted by Crippen LogP contribution is -2.53. The van der Waals surface area contributed by atoms with E-state index >= 15 is 0 Å². The zero-order chi connectivity index (χ0) is 13.9. The molecule has 1 aliphatic heterocycles. The summed E-state index contributed by atoms with van der Waals surface area (Å²) < 4.78 is 6.92. The molecule has 6 nitrogen and oxygen atoms in total. The lowest BCUT2D eigenvalue weighted by Gasteiger charge is -2.28. The van der Waals surface area contributed by atoms with Crippen molar-refractivity contribution in [2.45, 2.75) is 25.3 Å². The summed E-state index contributed by atoms with van der Waals surface area (Å²) in [6.45, 7) is 4.01. The van der Waals surface area contributed by atoms with Crippen LogP contribution < -0.4 is 10.6 Å². The summed E-state index contributed by atoms with van der Waals surface area (Å²) in [5, 5.41) is 10.6. The molecule has 2 N–H and O–H groups in total. The highest BCUT2D eigenvalue weighted by atomic mass is 35.5. The molecule has 7 heteroatoms. The first-order valence-electron chi connectivity index (χ1n) is 6.59. The first kappa shape index (κ1) is 16.9. The van der Waals surface area contributed by atoms with Gasteiger partial charge in [-0.2, -0.15) is 5.10 Å². The van der Waals surface area contributed by atoms with Crippen molar-refractivity contribution < 1.29 is 9.53 Å². The van der Waals surface area contributed by atoms with E-state index in [-0.39, 0.29) is 23.9 Å². The fourth-order valence-electron chi connectivity index (χ4n) is 2.64. The van der Waals surface area contributed by atoms with Gasteiger partial charge in [0.25, 0.3) is 5.91 Å². The lowest BCUT2D eigenvalue weighted by atomic mass is 9.98. The number of carbonyl (C=O) groups is 1. The van der Waals surface area contributed by atoms with E-state index in [1.807, 2.05) is 14.0 Å². The van der Waals surface area contributed by atoms with Gasteiger partial charge in [-0.1, -0.05) is 0 Å². The van der Waals surface area contributed by atoms with Crippen LogP contribution in [0.3, 0.4) is 0 Å². The summed E-state index contributed by atoms with van der Waals surface area (Å²) in [4.78, 5) is 12.1. The normalized spacial score (nSPS) is 21.6. The van der Waals surface area contributed by atoms with E-state index < -0.39 is 0 Å². The molecule has 0 spiro atoms. The molecule has 0 bridgehead atoms. The molecule has 2 heterocycles. The Balaban J connectivity index is 0.00000200. The number of amides is 1. The molecule has 1 fully saturated rings. The largest absolute Gasteiger partial charge is 0.383 e. The van der Waals surface area contributed by atoms with Crippen LogP contribution in [0, 0.1) is 6.92 Å². The maximum absolute atomic E-state index is 12.1. The maximum atomic E-state index is 12.1. The van der Waals surface area contributed by atoms with Gasteiger partial charge in [0.05, 0.1) is 23.4 Å². The quantitative estimate of drug-likeness (QED) is 0.838. The average molecular weight is 303 g/mol. The summed E-state index contributed by atoms with van der Waals surface area (Å²) in [5.41, 5.74) is 1.26. The Hall–Kier alpha value is -1.11. The first-order chi connectivity index (χ1) is 9.06. The van der Waals surface area contributed by atoms with Crippen LogP contribution in [0.5, 0.6) is 0 Å². The molecule has 0 radical (unpaired) electrons. The number of aryl methyl sites for hydroxylation is 2. The molecule has 1 unspecified atom stereocenters. The van der Waals surface area contributed by atoms with Gasteiger partial charge in [0, 0.05) is 26.9 Å². The van der Waals surface area contributed by atoms with Crippen LogP contribution in [0.15, 0.2) is 6.20 Å². The number of ether oxygens (including phenoxy) is 1.